The summed E-state index contributed by atoms with van der Waals surface area (Å²) in [6, 6.07) is 0.365. The first-order valence-electron chi connectivity index (χ1n) is 7.61. The monoisotopic (exact) mass is 250 g/mol. The zero-order chi connectivity index (χ0) is 12.8. The Morgan fingerprint density at radius 1 is 1.28 bits per heavy atom. The highest BCUT2D eigenvalue weighted by Gasteiger charge is 2.42. The minimum Gasteiger partial charge on any atom is -0.355 e. The highest BCUT2D eigenvalue weighted by atomic mass is 16.1. The number of amides is 1. The molecule has 0 aromatic carbocycles. The molecule has 2 unspecified atom stereocenters. The molecule has 3 N–H and O–H groups in total. The molecular formula is C15H26N2O. The number of hydrogen-bond donors (Lipinski definition) is 2. The maximum atomic E-state index is 12.3. The Morgan fingerprint density at radius 2 is 1.89 bits per heavy atom. The van der Waals surface area contributed by atoms with Gasteiger partial charge in [-0.1, -0.05) is 13.3 Å². The van der Waals surface area contributed by atoms with Crippen molar-refractivity contribution in [3.63, 3.8) is 0 Å². The first-order chi connectivity index (χ1) is 8.57. The Bertz CT molecular complexity index is 323. The number of rotatable bonds is 3. The summed E-state index contributed by atoms with van der Waals surface area (Å²) in [4.78, 5) is 12.3. The zero-order valence-corrected chi connectivity index (χ0v) is 11.5. The van der Waals surface area contributed by atoms with Crippen LogP contribution in [0.15, 0.2) is 0 Å². The van der Waals surface area contributed by atoms with Crippen LogP contribution < -0.4 is 11.1 Å². The maximum Gasteiger partial charge on any atom is 0.223 e. The van der Waals surface area contributed by atoms with Gasteiger partial charge in [-0.25, -0.2) is 0 Å². The molecule has 0 aliphatic heterocycles. The highest BCUT2D eigenvalue weighted by Crippen LogP contribution is 2.45. The summed E-state index contributed by atoms with van der Waals surface area (Å²) in [5, 5.41) is 3.18. The molecule has 102 valence electrons. The van der Waals surface area contributed by atoms with E-state index >= 15 is 0 Å². The average molecular weight is 250 g/mol. The van der Waals surface area contributed by atoms with Gasteiger partial charge in [0.15, 0.2) is 0 Å². The van der Waals surface area contributed by atoms with E-state index in [0.717, 1.165) is 19.4 Å². The summed E-state index contributed by atoms with van der Waals surface area (Å²) in [6.45, 7) is 3.14. The second-order valence-electron chi connectivity index (χ2n) is 7.23. The first-order valence-corrected chi connectivity index (χ1v) is 7.61. The topological polar surface area (TPSA) is 55.1 Å². The summed E-state index contributed by atoms with van der Waals surface area (Å²) in [5.74, 6) is 1.74. The Morgan fingerprint density at radius 3 is 2.44 bits per heavy atom. The van der Waals surface area contributed by atoms with Crippen molar-refractivity contribution in [1.82, 2.24) is 5.32 Å². The van der Waals surface area contributed by atoms with Crippen molar-refractivity contribution >= 4 is 5.91 Å². The van der Waals surface area contributed by atoms with Gasteiger partial charge in [-0.3, -0.25) is 4.79 Å². The molecule has 3 aliphatic rings. The molecule has 0 aromatic heterocycles. The summed E-state index contributed by atoms with van der Waals surface area (Å²) < 4.78 is 0. The quantitative estimate of drug-likeness (QED) is 0.805. The van der Waals surface area contributed by atoms with Crippen LogP contribution in [0.5, 0.6) is 0 Å². The Kier molecular flexibility index (Phi) is 3.13. The molecule has 3 rings (SSSR count). The lowest BCUT2D eigenvalue weighted by Crippen LogP contribution is -2.49. The van der Waals surface area contributed by atoms with Crippen LogP contribution >= 0.6 is 0 Å². The van der Waals surface area contributed by atoms with E-state index in [9.17, 15) is 4.79 Å². The summed E-state index contributed by atoms with van der Waals surface area (Å²) in [6.07, 6.45) is 8.39. The van der Waals surface area contributed by atoms with Gasteiger partial charge in [-0.05, 0) is 55.8 Å². The number of carbonyl (C=O) groups excluding carboxylic acids is 1. The van der Waals surface area contributed by atoms with Crippen LogP contribution in [0.25, 0.3) is 0 Å². The van der Waals surface area contributed by atoms with Gasteiger partial charge in [-0.15, -0.1) is 0 Å². The summed E-state index contributed by atoms with van der Waals surface area (Å²) >= 11 is 0. The summed E-state index contributed by atoms with van der Waals surface area (Å²) in [5.41, 5.74) is 6.68. The smallest absolute Gasteiger partial charge is 0.223 e. The SMILES string of the molecule is CC1(CNC(=O)C2CC3CCCC(C2)C3N)CC1. The maximum absolute atomic E-state index is 12.3. The molecule has 3 aliphatic carbocycles. The van der Waals surface area contributed by atoms with Crippen LogP contribution in [-0.2, 0) is 4.79 Å². The van der Waals surface area contributed by atoms with Gasteiger partial charge in [0.1, 0.15) is 0 Å². The van der Waals surface area contributed by atoms with Crippen LogP contribution in [0.2, 0.25) is 0 Å². The highest BCUT2D eigenvalue weighted by molar-refractivity contribution is 5.78. The number of carbonyl (C=O) groups is 1. The summed E-state index contributed by atoms with van der Waals surface area (Å²) in [7, 11) is 0. The van der Waals surface area contributed by atoms with Crippen molar-refractivity contribution in [2.75, 3.05) is 6.54 Å². The number of hydrogen-bond acceptors (Lipinski definition) is 2. The third-order valence-electron chi connectivity index (χ3n) is 5.58. The van der Waals surface area contributed by atoms with E-state index in [2.05, 4.69) is 12.2 Å². The van der Waals surface area contributed by atoms with Gasteiger partial charge >= 0.3 is 0 Å². The number of nitrogens with two attached hydrogens (primary N) is 1. The molecule has 3 saturated carbocycles. The largest absolute Gasteiger partial charge is 0.355 e. The Balaban J connectivity index is 1.54. The number of nitrogens with one attached hydrogen (secondary N) is 1. The van der Waals surface area contributed by atoms with Crippen LogP contribution in [0, 0.1) is 23.2 Å². The lowest BCUT2D eigenvalue weighted by Gasteiger charge is -2.43. The molecule has 2 atom stereocenters. The van der Waals surface area contributed by atoms with Crippen LogP contribution in [0.1, 0.15) is 51.9 Å². The van der Waals surface area contributed by atoms with Crippen molar-refractivity contribution in [3.8, 4) is 0 Å². The van der Waals surface area contributed by atoms with Crippen LogP contribution in [-0.4, -0.2) is 18.5 Å². The standard InChI is InChI=1S/C15H26N2O/c1-15(5-6-15)9-17-14(18)12-7-10-3-2-4-11(8-12)13(10)16/h10-13H,2-9,16H2,1H3,(H,17,18). The number of fused-ring (bicyclic) bond motifs is 2. The van der Waals surface area contributed by atoms with Crippen molar-refractivity contribution in [3.05, 3.63) is 0 Å². The Hall–Kier alpha value is -0.570. The average Bonchev–Trinajstić information content (AvgIpc) is 3.04. The van der Waals surface area contributed by atoms with E-state index < -0.39 is 0 Å². The fourth-order valence-electron chi connectivity index (χ4n) is 3.84. The molecule has 0 heterocycles. The van der Waals surface area contributed by atoms with Crippen molar-refractivity contribution in [2.24, 2.45) is 28.9 Å². The normalized spacial score (nSPS) is 41.2. The molecule has 18 heavy (non-hydrogen) atoms. The minimum atomic E-state index is 0.238. The van der Waals surface area contributed by atoms with Crippen LogP contribution in [0.4, 0.5) is 0 Å². The second-order valence-corrected chi connectivity index (χ2v) is 7.23. The fourth-order valence-corrected chi connectivity index (χ4v) is 3.84. The lowest BCUT2D eigenvalue weighted by molar-refractivity contribution is -0.128. The molecular weight excluding hydrogens is 224 g/mol. The lowest BCUT2D eigenvalue weighted by atomic mass is 9.65. The molecule has 2 bridgehead atoms. The molecule has 0 radical (unpaired) electrons. The van der Waals surface area contributed by atoms with Gasteiger partial charge in [0.25, 0.3) is 0 Å². The van der Waals surface area contributed by atoms with E-state index in [1.54, 1.807) is 0 Å². The van der Waals surface area contributed by atoms with E-state index in [1.807, 2.05) is 0 Å². The van der Waals surface area contributed by atoms with Gasteiger partial charge < -0.3 is 11.1 Å². The molecule has 0 saturated heterocycles. The third kappa shape index (κ3) is 2.42. The minimum absolute atomic E-state index is 0.238. The molecule has 1 amide bonds. The van der Waals surface area contributed by atoms with Gasteiger partial charge in [0.2, 0.25) is 5.91 Å². The molecule has 0 spiro atoms. The van der Waals surface area contributed by atoms with E-state index in [0.29, 0.717) is 29.2 Å². The van der Waals surface area contributed by atoms with E-state index in [4.69, 9.17) is 5.73 Å². The molecule has 0 aromatic rings. The van der Waals surface area contributed by atoms with Crippen molar-refractivity contribution in [1.29, 1.82) is 0 Å². The van der Waals surface area contributed by atoms with E-state index in [1.165, 1.54) is 32.1 Å². The molecule has 3 heteroatoms. The first kappa shape index (κ1) is 12.5. The van der Waals surface area contributed by atoms with Gasteiger partial charge in [0, 0.05) is 18.5 Å². The van der Waals surface area contributed by atoms with Gasteiger partial charge in [0.05, 0.1) is 0 Å². The van der Waals surface area contributed by atoms with Gasteiger partial charge in [-0.2, -0.15) is 0 Å². The molecule has 3 nitrogen and oxygen atoms in total. The van der Waals surface area contributed by atoms with Crippen LogP contribution in [0.3, 0.4) is 0 Å². The fraction of sp³-hybridized carbons (Fsp3) is 0.933. The van der Waals surface area contributed by atoms with E-state index in [-0.39, 0.29) is 5.92 Å². The third-order valence-corrected chi connectivity index (χ3v) is 5.58. The van der Waals surface area contributed by atoms with Crippen molar-refractivity contribution < 1.29 is 4.79 Å². The zero-order valence-electron chi connectivity index (χ0n) is 11.5. The predicted molar refractivity (Wildman–Crippen MR) is 71.9 cm³/mol. The second kappa shape index (κ2) is 4.52. The molecule has 3 fully saturated rings. The predicted octanol–water partition coefficient (Wildman–Crippen LogP) is 2.06. The van der Waals surface area contributed by atoms with Crippen molar-refractivity contribution in [2.45, 2.75) is 57.9 Å². The Labute approximate surface area is 110 Å².